The summed E-state index contributed by atoms with van der Waals surface area (Å²) in [6, 6.07) is 7.19. The lowest BCUT2D eigenvalue weighted by Gasteiger charge is -2.13. The van der Waals surface area contributed by atoms with E-state index in [-0.39, 0.29) is 31.2 Å². The fourth-order valence-corrected chi connectivity index (χ4v) is 4.01. The number of ether oxygens (including phenoxy) is 1. The van der Waals surface area contributed by atoms with Crippen molar-refractivity contribution in [3.8, 4) is 0 Å². The SMILES string of the molecule is CCc1ccccc1NC(=O)COC(=O)CN1C(=O)c2c(Cl)c(Cl)c(Cl)c(Cl)c2C1=O. The lowest BCUT2D eigenvalue weighted by molar-refractivity contribution is -0.147. The molecule has 1 heterocycles. The van der Waals surface area contributed by atoms with Crippen LogP contribution in [0.2, 0.25) is 20.1 Å². The van der Waals surface area contributed by atoms with E-state index in [1.807, 2.05) is 19.1 Å². The van der Waals surface area contributed by atoms with Gasteiger partial charge in [-0.15, -0.1) is 0 Å². The van der Waals surface area contributed by atoms with Crippen LogP contribution in [0.25, 0.3) is 0 Å². The van der Waals surface area contributed by atoms with Gasteiger partial charge >= 0.3 is 5.97 Å². The van der Waals surface area contributed by atoms with Crippen LogP contribution in [0.4, 0.5) is 5.69 Å². The topological polar surface area (TPSA) is 92.8 Å². The number of imide groups is 1. The minimum absolute atomic E-state index is 0.179. The van der Waals surface area contributed by atoms with Gasteiger partial charge in [0, 0.05) is 5.69 Å². The van der Waals surface area contributed by atoms with E-state index in [1.165, 1.54) is 0 Å². The normalized spacial score (nSPS) is 12.7. The van der Waals surface area contributed by atoms with E-state index in [9.17, 15) is 19.2 Å². The van der Waals surface area contributed by atoms with Crippen molar-refractivity contribution in [1.29, 1.82) is 0 Å². The minimum Gasteiger partial charge on any atom is -0.454 e. The highest BCUT2D eigenvalue weighted by atomic mass is 35.5. The summed E-state index contributed by atoms with van der Waals surface area (Å²) in [5.74, 6) is -3.29. The number of amides is 3. The molecule has 3 amide bonds. The molecule has 0 aromatic heterocycles. The van der Waals surface area contributed by atoms with Gasteiger partial charge in [-0.2, -0.15) is 0 Å². The Morgan fingerprint density at radius 2 is 1.48 bits per heavy atom. The van der Waals surface area contributed by atoms with Crippen LogP contribution in [0, 0.1) is 0 Å². The number of esters is 1. The molecule has 0 fully saturated rings. The number of nitrogens with zero attached hydrogens (tertiary/aromatic N) is 1. The molecule has 162 valence electrons. The third-order valence-corrected chi connectivity index (χ3v) is 6.31. The highest BCUT2D eigenvalue weighted by molar-refractivity contribution is 6.55. The molecule has 3 rings (SSSR count). The first-order chi connectivity index (χ1) is 14.7. The van der Waals surface area contributed by atoms with Crippen molar-refractivity contribution in [3.63, 3.8) is 0 Å². The number of para-hydroxylation sites is 1. The van der Waals surface area contributed by atoms with Crippen molar-refractivity contribution in [3.05, 3.63) is 61.0 Å². The van der Waals surface area contributed by atoms with E-state index in [0.717, 1.165) is 5.56 Å². The van der Waals surface area contributed by atoms with Crippen molar-refractivity contribution >= 4 is 75.8 Å². The first-order valence-corrected chi connectivity index (χ1v) is 10.4. The minimum atomic E-state index is -0.974. The van der Waals surface area contributed by atoms with Crippen molar-refractivity contribution in [2.24, 2.45) is 0 Å². The summed E-state index contributed by atoms with van der Waals surface area (Å²) in [6.07, 6.45) is 0.704. The van der Waals surface area contributed by atoms with Crippen LogP contribution in [-0.2, 0) is 20.7 Å². The number of carbonyl (C=O) groups excluding carboxylic acids is 4. The van der Waals surface area contributed by atoms with Gasteiger partial charge in [0.1, 0.15) is 6.54 Å². The standard InChI is InChI=1S/C20H14Cl4N2O5/c1-2-9-5-3-4-6-10(9)25-11(27)8-31-12(28)7-26-19(29)13-14(20(26)30)16(22)18(24)17(23)15(13)21/h3-6H,2,7-8H2,1H3,(H,25,27). The van der Waals surface area contributed by atoms with E-state index in [1.54, 1.807) is 12.1 Å². The summed E-state index contributed by atoms with van der Waals surface area (Å²) in [7, 11) is 0. The number of anilines is 1. The summed E-state index contributed by atoms with van der Waals surface area (Å²) in [6.45, 7) is 0.595. The molecule has 0 radical (unpaired) electrons. The van der Waals surface area contributed by atoms with E-state index in [2.05, 4.69) is 5.32 Å². The number of aryl methyl sites for hydroxylation is 1. The monoisotopic (exact) mass is 502 g/mol. The van der Waals surface area contributed by atoms with Crippen molar-refractivity contribution in [1.82, 2.24) is 4.90 Å². The van der Waals surface area contributed by atoms with Gasteiger partial charge in [0.05, 0.1) is 31.2 Å². The zero-order valence-electron chi connectivity index (χ0n) is 15.9. The van der Waals surface area contributed by atoms with Gasteiger partial charge in [-0.1, -0.05) is 71.5 Å². The fourth-order valence-electron chi connectivity index (χ4n) is 3.00. The van der Waals surface area contributed by atoms with Crippen LogP contribution in [0.5, 0.6) is 0 Å². The first kappa shape index (κ1) is 23.3. The van der Waals surface area contributed by atoms with Crippen LogP contribution in [-0.4, -0.2) is 41.7 Å². The Labute approximate surface area is 197 Å². The number of hydrogen-bond acceptors (Lipinski definition) is 5. The average molecular weight is 504 g/mol. The predicted molar refractivity (Wildman–Crippen MR) is 117 cm³/mol. The maximum absolute atomic E-state index is 12.6. The second kappa shape index (κ2) is 9.44. The summed E-state index contributed by atoms with van der Waals surface area (Å²) < 4.78 is 4.90. The maximum atomic E-state index is 12.6. The summed E-state index contributed by atoms with van der Waals surface area (Å²) in [5.41, 5.74) is 1.03. The molecule has 2 aromatic rings. The van der Waals surface area contributed by atoms with Gasteiger partial charge in [-0.3, -0.25) is 24.1 Å². The third kappa shape index (κ3) is 4.50. The second-order valence-electron chi connectivity index (χ2n) is 6.42. The Hall–Kier alpha value is -2.32. The molecule has 0 saturated heterocycles. The van der Waals surface area contributed by atoms with Crippen LogP contribution >= 0.6 is 46.4 Å². The van der Waals surface area contributed by atoms with Crippen LogP contribution < -0.4 is 5.32 Å². The molecule has 0 spiro atoms. The van der Waals surface area contributed by atoms with Gasteiger partial charge < -0.3 is 10.1 Å². The molecule has 11 heteroatoms. The molecule has 2 aromatic carbocycles. The highest BCUT2D eigenvalue weighted by Crippen LogP contribution is 2.44. The van der Waals surface area contributed by atoms with Crippen LogP contribution in [0.15, 0.2) is 24.3 Å². The van der Waals surface area contributed by atoms with Gasteiger partial charge in [0.25, 0.3) is 17.7 Å². The molecular weight excluding hydrogens is 490 g/mol. The number of benzene rings is 2. The number of halogens is 4. The number of rotatable bonds is 6. The van der Waals surface area contributed by atoms with Gasteiger partial charge in [-0.25, -0.2) is 0 Å². The number of nitrogens with one attached hydrogen (secondary N) is 1. The largest absolute Gasteiger partial charge is 0.454 e. The van der Waals surface area contributed by atoms with Crippen molar-refractivity contribution in [2.75, 3.05) is 18.5 Å². The number of hydrogen-bond donors (Lipinski definition) is 1. The molecular formula is C20H14Cl4N2O5. The van der Waals surface area contributed by atoms with Gasteiger partial charge in [0.15, 0.2) is 6.61 Å². The molecule has 1 aliphatic rings. The lowest BCUT2D eigenvalue weighted by atomic mass is 10.1. The molecule has 0 bridgehead atoms. The fraction of sp³-hybridized carbons (Fsp3) is 0.200. The Balaban J connectivity index is 1.65. The van der Waals surface area contributed by atoms with Gasteiger partial charge in [-0.05, 0) is 18.1 Å². The zero-order chi connectivity index (χ0) is 22.9. The molecule has 0 saturated carbocycles. The van der Waals surface area contributed by atoms with E-state index in [0.29, 0.717) is 17.0 Å². The Kier molecular flexibility index (Phi) is 7.11. The third-order valence-electron chi connectivity index (χ3n) is 4.51. The Morgan fingerprint density at radius 3 is 2.03 bits per heavy atom. The summed E-state index contributed by atoms with van der Waals surface area (Å²) >= 11 is 24.0. The quantitative estimate of drug-likeness (QED) is 0.268. The first-order valence-electron chi connectivity index (χ1n) is 8.92. The van der Waals surface area contributed by atoms with E-state index in [4.69, 9.17) is 51.1 Å². The Morgan fingerprint density at radius 1 is 0.935 bits per heavy atom. The number of carbonyl (C=O) groups is 4. The van der Waals surface area contributed by atoms with E-state index >= 15 is 0 Å². The second-order valence-corrected chi connectivity index (χ2v) is 7.93. The smallest absolute Gasteiger partial charge is 0.326 e. The molecule has 0 atom stereocenters. The van der Waals surface area contributed by atoms with Gasteiger partial charge in [0.2, 0.25) is 0 Å². The average Bonchev–Trinajstić information content (AvgIpc) is 3.00. The summed E-state index contributed by atoms with van der Waals surface area (Å²) in [5, 5.41) is 1.80. The lowest BCUT2D eigenvalue weighted by Crippen LogP contribution is -2.36. The van der Waals surface area contributed by atoms with Crippen LogP contribution in [0.3, 0.4) is 0 Å². The molecule has 0 aliphatic carbocycles. The molecule has 7 nitrogen and oxygen atoms in total. The predicted octanol–water partition coefficient (Wildman–Crippen LogP) is 4.64. The molecule has 1 aliphatic heterocycles. The maximum Gasteiger partial charge on any atom is 0.326 e. The molecule has 0 unspecified atom stereocenters. The highest BCUT2D eigenvalue weighted by Gasteiger charge is 2.42. The zero-order valence-corrected chi connectivity index (χ0v) is 19.0. The summed E-state index contributed by atoms with van der Waals surface area (Å²) in [4.78, 5) is 50.1. The van der Waals surface area contributed by atoms with Crippen LogP contribution in [0.1, 0.15) is 33.2 Å². The Bertz CT molecular complexity index is 1070. The van der Waals surface area contributed by atoms with E-state index < -0.39 is 36.8 Å². The number of fused-ring (bicyclic) bond motifs is 1. The van der Waals surface area contributed by atoms with Crippen molar-refractivity contribution < 1.29 is 23.9 Å². The molecule has 1 N–H and O–H groups in total. The molecule has 31 heavy (non-hydrogen) atoms. The van der Waals surface area contributed by atoms with Crippen molar-refractivity contribution in [2.45, 2.75) is 13.3 Å².